The van der Waals surface area contributed by atoms with Crippen molar-refractivity contribution in [3.8, 4) is 5.75 Å². The third-order valence-electron chi connectivity index (χ3n) is 8.04. The van der Waals surface area contributed by atoms with Crippen LogP contribution in [-0.4, -0.2) is 41.3 Å². The van der Waals surface area contributed by atoms with Crippen LogP contribution in [0.3, 0.4) is 0 Å². The molecule has 2 aliphatic rings. The van der Waals surface area contributed by atoms with Crippen molar-refractivity contribution < 1.29 is 19.1 Å². The summed E-state index contributed by atoms with van der Waals surface area (Å²) >= 11 is 7.05. The molecule has 5 rings (SSSR count). The van der Waals surface area contributed by atoms with Gasteiger partial charge in [-0.05, 0) is 79.2 Å². The molecule has 3 aromatic rings. The number of anilines is 2. The Hall–Kier alpha value is -3.63. The predicted molar refractivity (Wildman–Crippen MR) is 165 cm³/mol. The smallest absolute Gasteiger partial charge is 0.273 e. The van der Waals surface area contributed by atoms with Gasteiger partial charge in [0, 0.05) is 22.8 Å². The van der Waals surface area contributed by atoms with Gasteiger partial charge in [-0.2, -0.15) is 4.37 Å². The number of nitrogens with one attached hydrogen (secondary N) is 2. The maximum absolute atomic E-state index is 14.4. The molecule has 2 saturated carbocycles. The van der Waals surface area contributed by atoms with E-state index in [9.17, 15) is 14.4 Å². The van der Waals surface area contributed by atoms with Crippen LogP contribution in [0, 0.1) is 0 Å². The third kappa shape index (κ3) is 6.71. The van der Waals surface area contributed by atoms with Crippen molar-refractivity contribution in [3.05, 3.63) is 69.7 Å². The molecular formula is C31H36ClN5O4S. The fourth-order valence-electron chi connectivity index (χ4n) is 5.76. The van der Waals surface area contributed by atoms with Crippen molar-refractivity contribution in [3.63, 3.8) is 0 Å². The Morgan fingerprint density at radius 1 is 0.929 bits per heavy atom. The van der Waals surface area contributed by atoms with Gasteiger partial charge in [0.2, 0.25) is 5.91 Å². The maximum atomic E-state index is 14.4. The Morgan fingerprint density at radius 2 is 1.52 bits per heavy atom. The van der Waals surface area contributed by atoms with E-state index in [-0.39, 0.29) is 40.2 Å². The molecule has 1 unspecified atom stereocenters. The third-order valence-corrected chi connectivity index (χ3v) is 9.14. The number of halogens is 1. The zero-order valence-corrected chi connectivity index (χ0v) is 25.2. The molecule has 42 heavy (non-hydrogen) atoms. The largest absolute Gasteiger partial charge is 0.497 e. The van der Waals surface area contributed by atoms with Gasteiger partial charge in [-0.25, -0.2) is 0 Å². The zero-order valence-electron chi connectivity index (χ0n) is 23.6. The Kier molecular flexibility index (Phi) is 9.64. The number of hydrogen-bond donors (Lipinski definition) is 3. The molecule has 1 atom stereocenters. The molecule has 4 N–H and O–H groups in total. The van der Waals surface area contributed by atoms with Gasteiger partial charge in [0.1, 0.15) is 16.7 Å². The average molecular weight is 610 g/mol. The number of methoxy groups -OCH3 is 1. The summed E-state index contributed by atoms with van der Waals surface area (Å²) in [7, 11) is 1.56. The van der Waals surface area contributed by atoms with Crippen molar-refractivity contribution in [2.24, 2.45) is 0 Å². The quantitative estimate of drug-likeness (QED) is 0.277. The highest BCUT2D eigenvalue weighted by Gasteiger charge is 2.37. The van der Waals surface area contributed by atoms with Crippen LogP contribution in [0.4, 0.5) is 11.4 Å². The molecule has 2 aromatic carbocycles. The first kappa shape index (κ1) is 29.8. The summed E-state index contributed by atoms with van der Waals surface area (Å²) in [6, 6.07) is 12.8. The van der Waals surface area contributed by atoms with Crippen molar-refractivity contribution >= 4 is 52.2 Å². The van der Waals surface area contributed by atoms with Crippen LogP contribution >= 0.6 is 23.1 Å². The summed E-state index contributed by atoms with van der Waals surface area (Å²) in [6.07, 6.45) is 8.96. The standard InChI is InChI=1S/C31H36ClN5O4S/c1-41-24-17-15-23(16-18-24)37(27(19-11-13-20(32)14-12-19)30(39)35-22-9-5-6-10-22)31(40)28-25(33)26(36-42-28)29(38)34-21-7-3-2-4-8-21/h11-18,21-22,27H,2-10,33H2,1H3,(H,34,38)(H,35,39). The van der Waals surface area contributed by atoms with E-state index in [2.05, 4.69) is 15.0 Å². The highest BCUT2D eigenvalue weighted by molar-refractivity contribution is 7.09. The van der Waals surface area contributed by atoms with Crippen LogP contribution in [-0.2, 0) is 4.79 Å². The number of hydrogen-bond acceptors (Lipinski definition) is 7. The van der Waals surface area contributed by atoms with E-state index in [1.165, 1.54) is 4.90 Å². The van der Waals surface area contributed by atoms with E-state index in [0.717, 1.165) is 69.3 Å². The van der Waals surface area contributed by atoms with Crippen LogP contribution < -0.4 is 26.0 Å². The number of nitrogen functional groups attached to an aromatic ring is 1. The summed E-state index contributed by atoms with van der Waals surface area (Å²) in [4.78, 5) is 43.0. The molecule has 0 aliphatic heterocycles. The number of rotatable bonds is 9. The first-order valence-corrected chi connectivity index (χ1v) is 15.6. The van der Waals surface area contributed by atoms with E-state index in [1.54, 1.807) is 55.6 Å². The molecule has 1 aromatic heterocycles. The molecule has 9 nitrogen and oxygen atoms in total. The number of aromatic nitrogens is 1. The number of benzene rings is 2. The molecule has 2 aliphatic carbocycles. The van der Waals surface area contributed by atoms with Gasteiger partial charge in [-0.3, -0.25) is 19.3 Å². The van der Waals surface area contributed by atoms with Gasteiger partial charge in [-0.15, -0.1) is 0 Å². The summed E-state index contributed by atoms with van der Waals surface area (Å²) in [6.45, 7) is 0. The molecular weight excluding hydrogens is 574 g/mol. The second kappa shape index (κ2) is 13.6. The highest BCUT2D eigenvalue weighted by Crippen LogP contribution is 2.35. The van der Waals surface area contributed by atoms with Gasteiger partial charge in [0.05, 0.1) is 12.8 Å². The predicted octanol–water partition coefficient (Wildman–Crippen LogP) is 5.90. The van der Waals surface area contributed by atoms with Crippen molar-refractivity contribution in [1.29, 1.82) is 0 Å². The lowest BCUT2D eigenvalue weighted by atomic mass is 9.95. The van der Waals surface area contributed by atoms with E-state index in [4.69, 9.17) is 22.1 Å². The number of amides is 3. The highest BCUT2D eigenvalue weighted by atomic mass is 35.5. The van der Waals surface area contributed by atoms with Gasteiger partial charge < -0.3 is 21.1 Å². The Bertz CT molecular complexity index is 1400. The van der Waals surface area contributed by atoms with Crippen LogP contribution in [0.1, 0.15) is 89.6 Å². The minimum atomic E-state index is -1.04. The SMILES string of the molecule is COc1ccc(N(C(=O)c2snc(C(=O)NC3CCCCC3)c2N)C(C(=O)NC2CCCC2)c2ccc(Cl)cc2)cc1. The minimum absolute atomic E-state index is 0.00267. The Balaban J connectivity index is 1.53. The number of nitrogens with two attached hydrogens (primary N) is 1. The second-order valence-electron chi connectivity index (χ2n) is 10.9. The van der Waals surface area contributed by atoms with Gasteiger partial charge in [-0.1, -0.05) is 55.8 Å². The number of carbonyl (C=O) groups is 3. The fourth-order valence-corrected chi connectivity index (χ4v) is 6.63. The van der Waals surface area contributed by atoms with Crippen LogP contribution in [0.15, 0.2) is 48.5 Å². The summed E-state index contributed by atoms with van der Waals surface area (Å²) in [5.41, 5.74) is 7.51. The Labute approximate surface area is 254 Å². The lowest BCUT2D eigenvalue weighted by Crippen LogP contribution is -2.46. The molecule has 0 radical (unpaired) electrons. The van der Waals surface area contributed by atoms with E-state index in [1.807, 2.05) is 0 Å². The molecule has 11 heteroatoms. The molecule has 0 spiro atoms. The zero-order chi connectivity index (χ0) is 29.6. The first-order chi connectivity index (χ1) is 20.4. The van der Waals surface area contributed by atoms with Crippen LogP contribution in [0.2, 0.25) is 5.02 Å². The van der Waals surface area contributed by atoms with E-state index >= 15 is 0 Å². The summed E-state index contributed by atoms with van der Waals surface area (Å²) in [5.74, 6) is -0.636. The van der Waals surface area contributed by atoms with Gasteiger partial charge in [0.25, 0.3) is 11.8 Å². The van der Waals surface area contributed by atoms with Crippen LogP contribution in [0.5, 0.6) is 5.75 Å². The van der Waals surface area contributed by atoms with Crippen molar-refractivity contribution in [2.45, 2.75) is 75.9 Å². The topological polar surface area (TPSA) is 127 Å². The lowest BCUT2D eigenvalue weighted by Gasteiger charge is -2.32. The average Bonchev–Trinajstić information content (AvgIpc) is 3.66. The molecule has 2 fully saturated rings. The molecule has 222 valence electrons. The number of ether oxygens (including phenoxy) is 1. The summed E-state index contributed by atoms with van der Waals surface area (Å²) in [5, 5.41) is 6.69. The molecule has 1 heterocycles. The van der Waals surface area contributed by atoms with Crippen molar-refractivity contribution in [1.82, 2.24) is 15.0 Å². The number of carbonyl (C=O) groups excluding carboxylic acids is 3. The molecule has 3 amide bonds. The van der Waals surface area contributed by atoms with Crippen LogP contribution in [0.25, 0.3) is 0 Å². The molecule has 0 bridgehead atoms. The first-order valence-electron chi connectivity index (χ1n) is 14.4. The Morgan fingerprint density at radius 3 is 2.14 bits per heavy atom. The summed E-state index contributed by atoms with van der Waals surface area (Å²) < 4.78 is 9.63. The van der Waals surface area contributed by atoms with Gasteiger partial charge >= 0.3 is 0 Å². The van der Waals surface area contributed by atoms with E-state index in [0.29, 0.717) is 22.0 Å². The van der Waals surface area contributed by atoms with E-state index < -0.39 is 11.9 Å². The normalized spacial score (nSPS) is 16.5. The minimum Gasteiger partial charge on any atom is -0.497 e. The van der Waals surface area contributed by atoms with Gasteiger partial charge in [0.15, 0.2) is 5.69 Å². The number of nitrogens with zero attached hydrogens (tertiary/aromatic N) is 2. The lowest BCUT2D eigenvalue weighted by molar-refractivity contribution is -0.123. The fraction of sp³-hybridized carbons (Fsp3) is 0.419. The second-order valence-corrected chi connectivity index (χ2v) is 12.1. The van der Waals surface area contributed by atoms with Crippen molar-refractivity contribution in [2.75, 3.05) is 17.7 Å². The monoisotopic (exact) mass is 609 g/mol. The maximum Gasteiger partial charge on any atom is 0.273 e. The molecule has 0 saturated heterocycles.